The summed E-state index contributed by atoms with van der Waals surface area (Å²) in [5.74, 6) is -0.729. The van der Waals surface area contributed by atoms with Gasteiger partial charge in [0.15, 0.2) is 5.89 Å². The molecule has 1 fully saturated rings. The first kappa shape index (κ1) is 14.9. The molecule has 1 unspecified atom stereocenters. The topological polar surface area (TPSA) is 83.6 Å². The van der Waals surface area contributed by atoms with Gasteiger partial charge in [-0.25, -0.2) is 4.98 Å². The van der Waals surface area contributed by atoms with Crippen LogP contribution in [0.25, 0.3) is 0 Å². The van der Waals surface area contributed by atoms with E-state index in [1.54, 1.807) is 11.8 Å². The number of benzene rings is 1. The van der Waals surface area contributed by atoms with Crippen LogP contribution in [-0.4, -0.2) is 33.4 Å². The number of fused-ring (bicyclic) bond motifs is 1. The molecule has 0 bridgehead atoms. The molecule has 2 heterocycles. The molecular weight excluding hydrogens is 308 g/mol. The highest BCUT2D eigenvalue weighted by Gasteiger charge is 2.36. The number of aromatic nitrogens is 1. The zero-order valence-electron chi connectivity index (χ0n) is 13.4. The van der Waals surface area contributed by atoms with Crippen LogP contribution in [0.4, 0.5) is 0 Å². The van der Waals surface area contributed by atoms with Crippen molar-refractivity contribution in [2.24, 2.45) is 0 Å². The Balaban J connectivity index is 1.65. The quantitative estimate of drug-likeness (QED) is 0.937. The van der Waals surface area contributed by atoms with Gasteiger partial charge >= 0.3 is 5.97 Å². The number of carbonyl (C=O) groups is 2. The molecule has 1 saturated carbocycles. The van der Waals surface area contributed by atoms with Crippen LogP contribution in [0.3, 0.4) is 0 Å². The maximum Gasteiger partial charge on any atom is 0.312 e. The molecular formula is C18H18N2O4. The smallest absolute Gasteiger partial charge is 0.312 e. The first-order valence-corrected chi connectivity index (χ1v) is 8.12. The molecule has 1 aliphatic carbocycles. The lowest BCUT2D eigenvalue weighted by atomic mass is 9.89. The second-order valence-corrected chi connectivity index (χ2v) is 6.52. The minimum Gasteiger partial charge on any atom is -0.481 e. The number of carbonyl (C=O) groups excluding carboxylic acids is 1. The maximum absolute atomic E-state index is 12.9. The van der Waals surface area contributed by atoms with E-state index in [4.69, 9.17) is 4.42 Å². The summed E-state index contributed by atoms with van der Waals surface area (Å²) < 4.78 is 5.69. The molecule has 124 valence electrons. The van der Waals surface area contributed by atoms with Crippen molar-refractivity contribution in [1.82, 2.24) is 9.88 Å². The van der Waals surface area contributed by atoms with Gasteiger partial charge in [-0.1, -0.05) is 24.3 Å². The molecule has 2 aliphatic rings. The lowest BCUT2D eigenvalue weighted by Gasteiger charge is -2.32. The predicted octanol–water partition coefficient (Wildman–Crippen LogP) is 2.68. The minimum atomic E-state index is -0.923. The van der Waals surface area contributed by atoms with Crippen molar-refractivity contribution in [3.8, 4) is 0 Å². The number of amides is 1. The molecule has 1 N–H and O–H groups in total. The van der Waals surface area contributed by atoms with Gasteiger partial charge in [0, 0.05) is 19.0 Å². The van der Waals surface area contributed by atoms with Crippen molar-refractivity contribution < 1.29 is 19.1 Å². The Bertz CT molecular complexity index is 822. The number of carboxylic acids is 1. The fourth-order valence-electron chi connectivity index (χ4n) is 3.24. The first-order chi connectivity index (χ1) is 11.5. The van der Waals surface area contributed by atoms with E-state index in [0.717, 1.165) is 24.0 Å². The van der Waals surface area contributed by atoms with Crippen molar-refractivity contribution in [2.75, 3.05) is 6.54 Å². The number of nitrogens with zero attached hydrogens (tertiary/aromatic N) is 2. The summed E-state index contributed by atoms with van der Waals surface area (Å²) in [6, 6.07) is 7.37. The van der Waals surface area contributed by atoms with Crippen LogP contribution in [0.2, 0.25) is 0 Å². The summed E-state index contributed by atoms with van der Waals surface area (Å²) in [5.41, 5.74) is 2.22. The lowest BCUT2D eigenvalue weighted by molar-refractivity contribution is -0.139. The van der Waals surface area contributed by atoms with Crippen LogP contribution in [0, 0.1) is 6.92 Å². The number of hydrogen-bond donors (Lipinski definition) is 1. The Morgan fingerprint density at radius 3 is 2.75 bits per heavy atom. The van der Waals surface area contributed by atoms with Crippen LogP contribution < -0.4 is 0 Å². The third kappa shape index (κ3) is 2.48. The number of carboxylic acid groups (broad SMARTS) is 1. The van der Waals surface area contributed by atoms with E-state index in [1.165, 1.54) is 0 Å². The molecule has 0 saturated heterocycles. The third-order valence-electron chi connectivity index (χ3n) is 4.71. The van der Waals surface area contributed by atoms with Gasteiger partial charge in [-0.3, -0.25) is 9.59 Å². The number of hydrogen-bond acceptors (Lipinski definition) is 4. The molecule has 1 aromatic carbocycles. The maximum atomic E-state index is 12.9. The van der Waals surface area contributed by atoms with Crippen LogP contribution in [0.1, 0.15) is 57.9 Å². The summed E-state index contributed by atoms with van der Waals surface area (Å²) in [7, 11) is 0. The second-order valence-electron chi connectivity index (χ2n) is 6.52. The van der Waals surface area contributed by atoms with Crippen LogP contribution >= 0.6 is 0 Å². The molecule has 2 aromatic rings. The van der Waals surface area contributed by atoms with E-state index in [9.17, 15) is 14.7 Å². The second kappa shape index (κ2) is 5.47. The molecule has 1 aliphatic heterocycles. The van der Waals surface area contributed by atoms with Gasteiger partial charge in [-0.2, -0.15) is 0 Å². The van der Waals surface area contributed by atoms with Gasteiger partial charge in [0.1, 0.15) is 0 Å². The van der Waals surface area contributed by atoms with Crippen LogP contribution in [-0.2, 0) is 11.3 Å². The van der Waals surface area contributed by atoms with Crippen molar-refractivity contribution >= 4 is 11.9 Å². The molecule has 1 aromatic heterocycles. The van der Waals surface area contributed by atoms with E-state index in [2.05, 4.69) is 4.98 Å². The highest BCUT2D eigenvalue weighted by molar-refractivity contribution is 5.93. The standard InChI is InChI=1S/C18H18N2O4/c1-10-15(24-16(19-10)11-6-7-11)17(21)20-8-12-4-2-3-5-13(12)14(9-20)18(22)23/h2-5,11,14H,6-9H2,1H3,(H,22,23). The fraction of sp³-hybridized carbons (Fsp3) is 0.389. The van der Waals surface area contributed by atoms with Crippen molar-refractivity contribution in [3.05, 3.63) is 52.7 Å². The van der Waals surface area contributed by atoms with E-state index in [1.807, 2.05) is 24.3 Å². The summed E-state index contributed by atoms with van der Waals surface area (Å²) in [6.07, 6.45) is 2.09. The largest absolute Gasteiger partial charge is 0.481 e. The zero-order valence-corrected chi connectivity index (χ0v) is 13.4. The Kier molecular flexibility index (Phi) is 3.40. The number of aliphatic carboxylic acids is 1. The third-order valence-corrected chi connectivity index (χ3v) is 4.71. The highest BCUT2D eigenvalue weighted by Crippen LogP contribution is 2.40. The van der Waals surface area contributed by atoms with E-state index in [0.29, 0.717) is 24.0 Å². The van der Waals surface area contributed by atoms with Crippen molar-refractivity contribution in [3.63, 3.8) is 0 Å². The Labute approximate surface area is 139 Å². The van der Waals surface area contributed by atoms with Crippen molar-refractivity contribution in [2.45, 2.75) is 38.1 Å². The lowest BCUT2D eigenvalue weighted by Crippen LogP contribution is -2.40. The van der Waals surface area contributed by atoms with Gasteiger partial charge in [-0.15, -0.1) is 0 Å². The van der Waals surface area contributed by atoms with Crippen molar-refractivity contribution in [1.29, 1.82) is 0 Å². The molecule has 6 nitrogen and oxygen atoms in total. The summed E-state index contributed by atoms with van der Waals surface area (Å²) in [5, 5.41) is 9.52. The molecule has 1 atom stereocenters. The Hall–Kier alpha value is -2.63. The van der Waals surface area contributed by atoms with Gasteiger partial charge < -0.3 is 14.4 Å². The summed E-state index contributed by atoms with van der Waals surface area (Å²) >= 11 is 0. The highest BCUT2D eigenvalue weighted by atomic mass is 16.4. The summed E-state index contributed by atoms with van der Waals surface area (Å²) in [6.45, 7) is 2.29. The molecule has 4 rings (SSSR count). The van der Waals surface area contributed by atoms with Gasteiger partial charge in [0.05, 0.1) is 11.6 Å². The number of rotatable bonds is 3. The zero-order chi connectivity index (χ0) is 16.8. The SMILES string of the molecule is Cc1nc(C2CC2)oc1C(=O)N1Cc2ccccc2C(C(=O)O)C1. The van der Waals surface area contributed by atoms with E-state index < -0.39 is 11.9 Å². The normalized spacial score (nSPS) is 19.9. The predicted molar refractivity (Wildman–Crippen MR) is 84.8 cm³/mol. The average molecular weight is 326 g/mol. The van der Waals surface area contributed by atoms with Gasteiger partial charge in [-0.05, 0) is 30.9 Å². The molecule has 1 amide bonds. The Morgan fingerprint density at radius 1 is 1.29 bits per heavy atom. The van der Waals surface area contributed by atoms with Crippen LogP contribution in [0.15, 0.2) is 28.7 Å². The van der Waals surface area contributed by atoms with Crippen LogP contribution in [0.5, 0.6) is 0 Å². The van der Waals surface area contributed by atoms with E-state index in [-0.39, 0.29) is 18.2 Å². The molecule has 0 spiro atoms. The minimum absolute atomic E-state index is 0.143. The summed E-state index contributed by atoms with van der Waals surface area (Å²) in [4.78, 5) is 30.4. The fourth-order valence-corrected chi connectivity index (χ4v) is 3.24. The molecule has 6 heteroatoms. The number of aryl methyl sites for hydroxylation is 1. The first-order valence-electron chi connectivity index (χ1n) is 8.12. The molecule has 0 radical (unpaired) electrons. The Morgan fingerprint density at radius 2 is 2.04 bits per heavy atom. The molecule has 24 heavy (non-hydrogen) atoms. The number of oxazole rings is 1. The van der Waals surface area contributed by atoms with Gasteiger partial charge in [0.25, 0.3) is 5.91 Å². The average Bonchev–Trinajstić information content (AvgIpc) is 3.35. The van der Waals surface area contributed by atoms with Gasteiger partial charge in [0.2, 0.25) is 5.76 Å². The van der Waals surface area contributed by atoms with E-state index >= 15 is 0 Å². The monoisotopic (exact) mass is 326 g/mol.